The lowest BCUT2D eigenvalue weighted by Crippen LogP contribution is -2.17. The minimum absolute atomic E-state index is 0.137. The Morgan fingerprint density at radius 2 is 1.87 bits per heavy atom. The minimum Gasteiger partial charge on any atom is -0.486 e. The van der Waals surface area contributed by atoms with Gasteiger partial charge in [0.2, 0.25) is 5.91 Å². The first-order valence-electron chi connectivity index (χ1n) is 10.0. The van der Waals surface area contributed by atoms with E-state index in [1.807, 2.05) is 30.3 Å². The van der Waals surface area contributed by atoms with E-state index in [0.29, 0.717) is 48.2 Å². The molecule has 0 radical (unpaired) electrons. The third-order valence-corrected chi connectivity index (χ3v) is 5.10. The van der Waals surface area contributed by atoms with Crippen molar-refractivity contribution in [2.24, 2.45) is 0 Å². The highest BCUT2D eigenvalue weighted by Crippen LogP contribution is 2.31. The molecule has 5 rings (SSSR count). The Morgan fingerprint density at radius 3 is 2.74 bits per heavy atom. The largest absolute Gasteiger partial charge is 0.486 e. The fraction of sp³-hybridized carbons (Fsp3) is 0.167. The zero-order valence-electron chi connectivity index (χ0n) is 16.7. The Labute approximate surface area is 178 Å². The van der Waals surface area contributed by atoms with Crippen molar-refractivity contribution < 1.29 is 18.7 Å². The lowest BCUT2D eigenvalue weighted by atomic mass is 10.1. The fourth-order valence-electron chi connectivity index (χ4n) is 3.63. The molecule has 3 aromatic carbocycles. The Morgan fingerprint density at radius 1 is 1.03 bits per heavy atom. The van der Waals surface area contributed by atoms with Crippen molar-refractivity contribution in [3.8, 4) is 11.5 Å². The number of H-pyrrole nitrogens is 1. The van der Waals surface area contributed by atoms with Gasteiger partial charge < -0.3 is 19.8 Å². The monoisotopic (exact) mass is 417 g/mol. The van der Waals surface area contributed by atoms with Gasteiger partial charge in [-0.2, -0.15) is 0 Å². The SMILES string of the molecule is O=C(Cc1ccc2c(c1)OCCO2)Nc1ccc2nc(Cc3ccccc3F)[nH]c2c1. The van der Waals surface area contributed by atoms with E-state index >= 15 is 0 Å². The quantitative estimate of drug-likeness (QED) is 0.509. The van der Waals surface area contributed by atoms with E-state index in [2.05, 4.69) is 15.3 Å². The van der Waals surface area contributed by atoms with Crippen molar-refractivity contribution in [1.82, 2.24) is 9.97 Å². The molecule has 0 fully saturated rings. The number of halogens is 1. The van der Waals surface area contributed by atoms with Gasteiger partial charge in [0.25, 0.3) is 0 Å². The molecule has 4 aromatic rings. The second kappa shape index (κ2) is 8.10. The summed E-state index contributed by atoms with van der Waals surface area (Å²) in [6, 6.07) is 17.6. The maximum atomic E-state index is 13.9. The number of aromatic nitrogens is 2. The molecule has 0 bridgehead atoms. The second-order valence-corrected chi connectivity index (χ2v) is 7.39. The van der Waals surface area contributed by atoms with Gasteiger partial charge in [-0.25, -0.2) is 9.37 Å². The lowest BCUT2D eigenvalue weighted by Gasteiger charge is -2.18. The molecular weight excluding hydrogens is 397 g/mol. The van der Waals surface area contributed by atoms with E-state index in [9.17, 15) is 9.18 Å². The Bertz CT molecular complexity index is 1270. The van der Waals surface area contributed by atoms with Gasteiger partial charge in [-0.1, -0.05) is 24.3 Å². The first-order valence-corrected chi connectivity index (χ1v) is 10.0. The smallest absolute Gasteiger partial charge is 0.228 e. The predicted molar refractivity (Wildman–Crippen MR) is 115 cm³/mol. The van der Waals surface area contributed by atoms with Crippen LogP contribution in [0.2, 0.25) is 0 Å². The number of rotatable bonds is 5. The number of hydrogen-bond acceptors (Lipinski definition) is 4. The maximum absolute atomic E-state index is 13.9. The van der Waals surface area contributed by atoms with E-state index in [1.165, 1.54) is 6.07 Å². The van der Waals surface area contributed by atoms with Crippen LogP contribution in [-0.2, 0) is 17.6 Å². The summed E-state index contributed by atoms with van der Waals surface area (Å²) >= 11 is 0. The van der Waals surface area contributed by atoms with E-state index in [-0.39, 0.29) is 18.1 Å². The number of anilines is 1. The van der Waals surface area contributed by atoms with Crippen LogP contribution < -0.4 is 14.8 Å². The summed E-state index contributed by atoms with van der Waals surface area (Å²) in [6.45, 7) is 1.04. The topological polar surface area (TPSA) is 76.2 Å². The number of benzene rings is 3. The molecule has 1 aromatic heterocycles. The number of carbonyl (C=O) groups is 1. The van der Waals surface area contributed by atoms with Crippen LogP contribution in [0.4, 0.5) is 10.1 Å². The van der Waals surface area contributed by atoms with E-state index in [4.69, 9.17) is 9.47 Å². The first kappa shape index (κ1) is 19.1. The molecule has 0 spiro atoms. The molecule has 0 saturated heterocycles. The number of fused-ring (bicyclic) bond motifs is 2. The van der Waals surface area contributed by atoms with Crippen LogP contribution >= 0.6 is 0 Å². The molecule has 1 amide bonds. The van der Waals surface area contributed by atoms with E-state index in [0.717, 1.165) is 16.6 Å². The standard InChI is InChI=1S/C24H20FN3O3/c25-18-4-2-1-3-16(18)13-23-27-19-7-6-17(14-20(19)28-23)26-24(29)12-15-5-8-21-22(11-15)31-10-9-30-21/h1-8,11,14H,9-10,12-13H2,(H,26,29)(H,27,28). The highest BCUT2D eigenvalue weighted by molar-refractivity contribution is 5.94. The normalized spacial score (nSPS) is 12.7. The van der Waals surface area contributed by atoms with Gasteiger partial charge >= 0.3 is 0 Å². The van der Waals surface area contributed by atoms with E-state index in [1.54, 1.807) is 24.3 Å². The predicted octanol–water partition coefficient (Wildman–Crippen LogP) is 4.25. The summed E-state index contributed by atoms with van der Waals surface area (Å²) in [5.41, 5.74) is 3.63. The van der Waals surface area contributed by atoms with Gasteiger partial charge in [-0.05, 0) is 47.5 Å². The summed E-state index contributed by atoms with van der Waals surface area (Å²) in [4.78, 5) is 20.2. The van der Waals surface area contributed by atoms with Crippen molar-refractivity contribution in [1.29, 1.82) is 0 Å². The molecule has 0 atom stereocenters. The highest BCUT2D eigenvalue weighted by atomic mass is 19.1. The van der Waals surface area contributed by atoms with Crippen LogP contribution in [0.1, 0.15) is 17.0 Å². The Hall–Kier alpha value is -3.87. The maximum Gasteiger partial charge on any atom is 0.228 e. The first-order chi connectivity index (χ1) is 15.1. The zero-order chi connectivity index (χ0) is 21.2. The molecule has 156 valence electrons. The highest BCUT2D eigenvalue weighted by Gasteiger charge is 2.14. The molecule has 31 heavy (non-hydrogen) atoms. The number of hydrogen-bond donors (Lipinski definition) is 2. The van der Waals surface area contributed by atoms with Gasteiger partial charge in [0.05, 0.1) is 17.5 Å². The number of aromatic amines is 1. The average Bonchev–Trinajstić information content (AvgIpc) is 3.17. The fourth-order valence-corrected chi connectivity index (χ4v) is 3.63. The summed E-state index contributed by atoms with van der Waals surface area (Å²) < 4.78 is 25.0. The number of carbonyl (C=O) groups excluding carboxylic acids is 1. The molecule has 7 heteroatoms. The molecule has 0 saturated carbocycles. The molecule has 1 aliphatic heterocycles. The lowest BCUT2D eigenvalue weighted by molar-refractivity contribution is -0.115. The van der Waals surface area contributed by atoms with Crippen LogP contribution in [0.15, 0.2) is 60.7 Å². The molecule has 2 N–H and O–H groups in total. The number of amides is 1. The van der Waals surface area contributed by atoms with Crippen molar-refractivity contribution in [2.75, 3.05) is 18.5 Å². The summed E-state index contributed by atoms with van der Waals surface area (Å²) in [5, 5.41) is 2.91. The number of nitrogens with one attached hydrogen (secondary N) is 2. The van der Waals surface area contributed by atoms with Crippen LogP contribution in [0, 0.1) is 5.82 Å². The molecule has 0 unspecified atom stereocenters. The molecule has 1 aliphatic rings. The second-order valence-electron chi connectivity index (χ2n) is 7.39. The van der Waals surface area contributed by atoms with E-state index < -0.39 is 0 Å². The molecule has 0 aliphatic carbocycles. The van der Waals surface area contributed by atoms with Gasteiger partial charge in [0.1, 0.15) is 24.9 Å². The van der Waals surface area contributed by atoms with Crippen LogP contribution in [0.25, 0.3) is 11.0 Å². The summed E-state index contributed by atoms with van der Waals surface area (Å²) in [6.07, 6.45) is 0.587. The van der Waals surface area contributed by atoms with Crippen LogP contribution in [0.5, 0.6) is 11.5 Å². The number of imidazole rings is 1. The van der Waals surface area contributed by atoms with Gasteiger partial charge in [0, 0.05) is 12.1 Å². The average molecular weight is 417 g/mol. The number of nitrogens with zero attached hydrogens (tertiary/aromatic N) is 1. The summed E-state index contributed by atoms with van der Waals surface area (Å²) in [5.74, 6) is 1.64. The van der Waals surface area contributed by atoms with Crippen LogP contribution in [0.3, 0.4) is 0 Å². The van der Waals surface area contributed by atoms with Gasteiger partial charge in [0.15, 0.2) is 11.5 Å². The molecule has 6 nitrogen and oxygen atoms in total. The van der Waals surface area contributed by atoms with Crippen molar-refractivity contribution in [3.05, 3.63) is 83.4 Å². The Kier molecular flexibility index (Phi) is 5.00. The van der Waals surface area contributed by atoms with Crippen molar-refractivity contribution in [3.63, 3.8) is 0 Å². The van der Waals surface area contributed by atoms with Gasteiger partial charge in [-0.3, -0.25) is 4.79 Å². The van der Waals surface area contributed by atoms with Crippen molar-refractivity contribution in [2.45, 2.75) is 12.8 Å². The van der Waals surface area contributed by atoms with Gasteiger partial charge in [-0.15, -0.1) is 0 Å². The third kappa shape index (κ3) is 4.21. The summed E-state index contributed by atoms with van der Waals surface area (Å²) in [7, 11) is 0. The zero-order valence-corrected chi connectivity index (χ0v) is 16.7. The number of ether oxygens (including phenoxy) is 2. The molecular formula is C24H20FN3O3. The minimum atomic E-state index is -0.255. The Balaban J connectivity index is 1.28. The molecule has 2 heterocycles. The van der Waals surface area contributed by atoms with Crippen molar-refractivity contribution >= 4 is 22.6 Å². The third-order valence-electron chi connectivity index (χ3n) is 5.10. The van der Waals surface area contributed by atoms with Crippen LogP contribution in [-0.4, -0.2) is 29.1 Å².